The van der Waals surface area contributed by atoms with Gasteiger partial charge in [0.2, 0.25) is 0 Å². The zero-order valence-corrected chi connectivity index (χ0v) is 9.27. The van der Waals surface area contributed by atoms with Gasteiger partial charge in [0.25, 0.3) is 0 Å². The van der Waals surface area contributed by atoms with Gasteiger partial charge >= 0.3 is 5.97 Å². The monoisotopic (exact) mass is 222 g/mol. The smallest absolute Gasteiger partial charge is 0.307 e. The maximum Gasteiger partial charge on any atom is 0.307 e. The van der Waals surface area contributed by atoms with Gasteiger partial charge in [-0.1, -0.05) is 12.1 Å². The largest absolute Gasteiger partial charge is 0.493 e. The van der Waals surface area contributed by atoms with Crippen LogP contribution in [0.15, 0.2) is 18.2 Å². The Labute approximate surface area is 93.8 Å². The molecule has 0 aromatic heterocycles. The second-order valence-electron chi connectivity index (χ2n) is 3.87. The number of ether oxygens (including phenoxy) is 2. The Kier molecular flexibility index (Phi) is 2.73. The summed E-state index contributed by atoms with van der Waals surface area (Å²) in [7, 11) is 3.14. The fraction of sp³-hybridized carbons (Fsp3) is 0.417. The van der Waals surface area contributed by atoms with Crippen molar-refractivity contribution in [1.29, 1.82) is 0 Å². The topological polar surface area (TPSA) is 55.8 Å². The highest BCUT2D eigenvalue weighted by molar-refractivity contribution is 5.76. The van der Waals surface area contributed by atoms with Crippen LogP contribution < -0.4 is 9.47 Å². The number of hydrogen-bond donors (Lipinski definition) is 1. The van der Waals surface area contributed by atoms with Crippen molar-refractivity contribution in [2.24, 2.45) is 5.92 Å². The molecule has 1 fully saturated rings. The van der Waals surface area contributed by atoms with Gasteiger partial charge in [-0.2, -0.15) is 0 Å². The van der Waals surface area contributed by atoms with Crippen molar-refractivity contribution < 1.29 is 19.4 Å². The summed E-state index contributed by atoms with van der Waals surface area (Å²) < 4.78 is 10.5. The van der Waals surface area contributed by atoms with Crippen molar-refractivity contribution in [1.82, 2.24) is 0 Å². The lowest BCUT2D eigenvalue weighted by molar-refractivity contribution is -0.138. The Hall–Kier alpha value is -1.71. The summed E-state index contributed by atoms with van der Waals surface area (Å²) >= 11 is 0. The van der Waals surface area contributed by atoms with Gasteiger partial charge < -0.3 is 14.6 Å². The SMILES string of the molecule is COc1cccc([C@@H]2C[C@H]2C(=O)O)c1OC. The number of hydrogen-bond acceptors (Lipinski definition) is 3. The Bertz CT molecular complexity index is 413. The minimum atomic E-state index is -0.741. The van der Waals surface area contributed by atoms with E-state index < -0.39 is 5.97 Å². The molecule has 0 aliphatic heterocycles. The van der Waals surface area contributed by atoms with Crippen LogP contribution in [0.4, 0.5) is 0 Å². The fourth-order valence-electron chi connectivity index (χ4n) is 2.02. The molecule has 1 aliphatic rings. The van der Waals surface area contributed by atoms with Crippen LogP contribution in [0.5, 0.6) is 11.5 Å². The molecule has 0 radical (unpaired) electrons. The van der Waals surface area contributed by atoms with Crippen molar-refractivity contribution in [2.75, 3.05) is 14.2 Å². The molecule has 1 aromatic rings. The summed E-state index contributed by atoms with van der Waals surface area (Å²) in [5.41, 5.74) is 0.925. The van der Waals surface area contributed by atoms with Crippen molar-refractivity contribution in [3.8, 4) is 11.5 Å². The highest BCUT2D eigenvalue weighted by Crippen LogP contribution is 2.52. The lowest BCUT2D eigenvalue weighted by Gasteiger charge is -2.11. The van der Waals surface area contributed by atoms with Crippen LogP contribution >= 0.6 is 0 Å². The van der Waals surface area contributed by atoms with E-state index in [2.05, 4.69) is 0 Å². The van der Waals surface area contributed by atoms with Gasteiger partial charge in [-0.15, -0.1) is 0 Å². The molecule has 4 heteroatoms. The second-order valence-corrected chi connectivity index (χ2v) is 3.87. The van der Waals surface area contributed by atoms with Crippen molar-refractivity contribution in [3.63, 3.8) is 0 Å². The average molecular weight is 222 g/mol. The molecule has 1 aromatic carbocycles. The van der Waals surface area contributed by atoms with Crippen LogP contribution in [0.1, 0.15) is 17.9 Å². The van der Waals surface area contributed by atoms with E-state index in [-0.39, 0.29) is 11.8 Å². The van der Waals surface area contributed by atoms with E-state index in [1.54, 1.807) is 20.3 Å². The first-order valence-electron chi connectivity index (χ1n) is 5.12. The number of carboxylic acids is 1. The fourth-order valence-corrected chi connectivity index (χ4v) is 2.02. The van der Waals surface area contributed by atoms with E-state index >= 15 is 0 Å². The number of aliphatic carboxylic acids is 1. The van der Waals surface area contributed by atoms with E-state index in [4.69, 9.17) is 14.6 Å². The van der Waals surface area contributed by atoms with Crippen molar-refractivity contribution >= 4 is 5.97 Å². The predicted octanol–water partition coefficient (Wildman–Crippen LogP) is 1.89. The number of para-hydroxylation sites is 1. The minimum Gasteiger partial charge on any atom is -0.493 e. The second kappa shape index (κ2) is 4.04. The lowest BCUT2D eigenvalue weighted by Crippen LogP contribution is -2.01. The molecule has 4 nitrogen and oxygen atoms in total. The Morgan fingerprint density at radius 3 is 2.62 bits per heavy atom. The van der Waals surface area contributed by atoms with Crippen LogP contribution in [0, 0.1) is 5.92 Å². The summed E-state index contributed by atoms with van der Waals surface area (Å²) in [6.45, 7) is 0. The summed E-state index contributed by atoms with van der Waals surface area (Å²) in [6.07, 6.45) is 0.679. The standard InChI is InChI=1S/C12H14O4/c1-15-10-5-3-4-7(11(10)16-2)8-6-9(8)12(13)14/h3-5,8-9H,6H2,1-2H3,(H,13,14)/t8-,9+/m0/s1. The van der Waals surface area contributed by atoms with Gasteiger partial charge in [0.05, 0.1) is 20.1 Å². The Balaban J connectivity index is 2.31. The van der Waals surface area contributed by atoms with Gasteiger partial charge in [-0.25, -0.2) is 0 Å². The minimum absolute atomic E-state index is 0.0579. The Morgan fingerprint density at radius 1 is 1.38 bits per heavy atom. The third-order valence-corrected chi connectivity index (χ3v) is 2.94. The maximum absolute atomic E-state index is 10.8. The summed E-state index contributed by atoms with van der Waals surface area (Å²) in [5.74, 6) is 0.341. The van der Waals surface area contributed by atoms with E-state index in [0.29, 0.717) is 17.9 Å². The van der Waals surface area contributed by atoms with Crippen LogP contribution in [-0.4, -0.2) is 25.3 Å². The number of benzene rings is 1. The van der Waals surface area contributed by atoms with Crippen LogP contribution in [0.2, 0.25) is 0 Å². The van der Waals surface area contributed by atoms with Gasteiger partial charge in [-0.05, 0) is 12.5 Å². The van der Waals surface area contributed by atoms with Crippen molar-refractivity contribution in [3.05, 3.63) is 23.8 Å². The molecule has 0 unspecified atom stereocenters. The average Bonchev–Trinajstić information content (AvgIpc) is 3.07. The summed E-state index contributed by atoms with van der Waals surface area (Å²) in [4.78, 5) is 10.8. The molecule has 86 valence electrons. The number of carbonyl (C=O) groups is 1. The molecule has 1 N–H and O–H groups in total. The first-order chi connectivity index (χ1) is 7.69. The first-order valence-corrected chi connectivity index (χ1v) is 5.12. The lowest BCUT2D eigenvalue weighted by atomic mass is 10.1. The molecular weight excluding hydrogens is 208 g/mol. The number of methoxy groups -OCH3 is 2. The zero-order chi connectivity index (χ0) is 11.7. The van der Waals surface area contributed by atoms with E-state index in [1.807, 2.05) is 12.1 Å². The normalized spacial score (nSPS) is 22.6. The highest BCUT2D eigenvalue weighted by Gasteiger charge is 2.45. The maximum atomic E-state index is 10.8. The van der Waals surface area contributed by atoms with E-state index in [0.717, 1.165) is 5.56 Å². The van der Waals surface area contributed by atoms with Gasteiger partial charge in [-0.3, -0.25) is 4.79 Å². The van der Waals surface area contributed by atoms with Gasteiger partial charge in [0, 0.05) is 11.5 Å². The van der Waals surface area contributed by atoms with Crippen molar-refractivity contribution in [2.45, 2.75) is 12.3 Å². The summed E-state index contributed by atoms with van der Waals surface area (Å²) in [5, 5.41) is 8.90. The molecule has 0 amide bonds. The molecule has 0 heterocycles. The third kappa shape index (κ3) is 1.71. The quantitative estimate of drug-likeness (QED) is 0.845. The first kappa shape index (κ1) is 10.8. The van der Waals surface area contributed by atoms with Crippen LogP contribution in [-0.2, 0) is 4.79 Å². The number of rotatable bonds is 4. The summed E-state index contributed by atoms with van der Waals surface area (Å²) in [6, 6.07) is 5.56. The molecular formula is C12H14O4. The van der Waals surface area contributed by atoms with Crippen LogP contribution in [0.3, 0.4) is 0 Å². The predicted molar refractivity (Wildman–Crippen MR) is 58.0 cm³/mol. The zero-order valence-electron chi connectivity index (χ0n) is 9.27. The molecule has 2 rings (SSSR count). The van der Waals surface area contributed by atoms with E-state index in [9.17, 15) is 4.79 Å². The highest BCUT2D eigenvalue weighted by atomic mass is 16.5. The molecule has 16 heavy (non-hydrogen) atoms. The Morgan fingerprint density at radius 2 is 2.12 bits per heavy atom. The molecule has 1 saturated carbocycles. The number of carboxylic acid groups (broad SMARTS) is 1. The van der Waals surface area contributed by atoms with Gasteiger partial charge in [0.15, 0.2) is 11.5 Å². The molecule has 2 atom stereocenters. The van der Waals surface area contributed by atoms with Crippen LogP contribution in [0.25, 0.3) is 0 Å². The van der Waals surface area contributed by atoms with Gasteiger partial charge in [0.1, 0.15) is 0 Å². The van der Waals surface area contributed by atoms with E-state index in [1.165, 1.54) is 0 Å². The molecule has 0 saturated heterocycles. The third-order valence-electron chi connectivity index (χ3n) is 2.94. The molecule has 1 aliphatic carbocycles. The molecule has 0 spiro atoms. The molecule has 0 bridgehead atoms.